The molecule has 1 fully saturated rings. The molecule has 0 atom stereocenters. The summed E-state index contributed by atoms with van der Waals surface area (Å²) in [6.45, 7) is 2.14. The number of sulfonamides is 1. The number of piperazine rings is 1. The van der Waals surface area contributed by atoms with Crippen molar-refractivity contribution in [2.75, 3.05) is 43.1 Å². The van der Waals surface area contributed by atoms with Crippen LogP contribution in [0.2, 0.25) is 0 Å². The van der Waals surface area contributed by atoms with Gasteiger partial charge in [-0.1, -0.05) is 6.07 Å². The summed E-state index contributed by atoms with van der Waals surface area (Å²) in [5.74, 6) is -0.206. The number of nitrogen functional groups attached to an aromatic ring is 1. The van der Waals surface area contributed by atoms with Crippen LogP contribution in [0, 0.1) is 17.1 Å². The summed E-state index contributed by atoms with van der Waals surface area (Å²) < 4.78 is 40.3. The SMILES string of the molecule is CS(=O)(=O)N1CCN(c2ccc(-n3nc(-c4ccc(C#N)c(F)c4)cc3N)cc2)CC1. The molecule has 0 spiro atoms. The lowest BCUT2D eigenvalue weighted by Gasteiger charge is -2.34. The molecule has 1 aliphatic heterocycles. The number of nitrogens with zero attached hydrogens (tertiary/aromatic N) is 5. The summed E-state index contributed by atoms with van der Waals surface area (Å²) in [6, 6.07) is 15.4. The Morgan fingerprint density at radius 2 is 1.68 bits per heavy atom. The van der Waals surface area contributed by atoms with Crippen molar-refractivity contribution in [3.63, 3.8) is 0 Å². The van der Waals surface area contributed by atoms with Crippen molar-refractivity contribution < 1.29 is 12.8 Å². The fraction of sp³-hybridized carbons (Fsp3) is 0.238. The normalized spacial score (nSPS) is 15.1. The number of hydrogen-bond acceptors (Lipinski definition) is 6. The topological polar surface area (TPSA) is 108 Å². The standard InChI is InChI=1S/C21H21FN6O2S/c1-31(29,30)27-10-8-26(9-11-27)17-4-6-18(7-5-17)28-21(24)13-20(25-28)15-2-3-16(14-23)19(22)12-15/h2-7,12-13H,8-11,24H2,1H3. The molecule has 0 aliphatic carbocycles. The van der Waals surface area contributed by atoms with Crippen LogP contribution in [-0.2, 0) is 10.0 Å². The Labute approximate surface area is 180 Å². The molecule has 0 amide bonds. The van der Waals surface area contributed by atoms with Gasteiger partial charge in [0, 0.05) is 43.5 Å². The summed E-state index contributed by atoms with van der Waals surface area (Å²) in [5.41, 5.74) is 8.86. The molecule has 160 valence electrons. The van der Waals surface area contributed by atoms with Crippen molar-refractivity contribution in [1.82, 2.24) is 14.1 Å². The van der Waals surface area contributed by atoms with Crippen LogP contribution in [0.25, 0.3) is 16.9 Å². The Morgan fingerprint density at radius 3 is 2.26 bits per heavy atom. The molecule has 1 aromatic heterocycles. The number of aromatic nitrogens is 2. The third-order valence-electron chi connectivity index (χ3n) is 5.29. The van der Waals surface area contributed by atoms with Gasteiger partial charge < -0.3 is 10.6 Å². The number of benzene rings is 2. The van der Waals surface area contributed by atoms with Gasteiger partial charge in [0.2, 0.25) is 10.0 Å². The molecule has 10 heteroatoms. The van der Waals surface area contributed by atoms with E-state index in [1.165, 1.54) is 22.7 Å². The van der Waals surface area contributed by atoms with E-state index in [0.717, 1.165) is 11.4 Å². The van der Waals surface area contributed by atoms with Gasteiger partial charge in [0.05, 0.1) is 23.2 Å². The monoisotopic (exact) mass is 440 g/mol. The average molecular weight is 441 g/mol. The molecule has 4 rings (SSSR count). The Kier molecular flexibility index (Phi) is 5.39. The number of hydrogen-bond donors (Lipinski definition) is 1. The number of nitriles is 1. The van der Waals surface area contributed by atoms with E-state index in [2.05, 4.69) is 10.00 Å². The van der Waals surface area contributed by atoms with Gasteiger partial charge in [0.1, 0.15) is 17.7 Å². The van der Waals surface area contributed by atoms with Crippen molar-refractivity contribution in [3.8, 4) is 23.0 Å². The molecule has 2 N–H and O–H groups in total. The van der Waals surface area contributed by atoms with Crippen molar-refractivity contribution in [2.24, 2.45) is 0 Å². The minimum absolute atomic E-state index is 0.0240. The summed E-state index contributed by atoms with van der Waals surface area (Å²) in [4.78, 5) is 2.13. The second-order valence-corrected chi connectivity index (χ2v) is 9.32. The predicted octanol–water partition coefficient (Wildman–Crippen LogP) is 2.21. The van der Waals surface area contributed by atoms with E-state index in [9.17, 15) is 12.8 Å². The van der Waals surface area contributed by atoms with Crippen molar-refractivity contribution in [1.29, 1.82) is 5.26 Å². The van der Waals surface area contributed by atoms with E-state index in [1.807, 2.05) is 24.3 Å². The molecule has 31 heavy (non-hydrogen) atoms. The maximum Gasteiger partial charge on any atom is 0.211 e. The molecular formula is C21H21FN6O2S. The van der Waals surface area contributed by atoms with Crippen LogP contribution in [0.4, 0.5) is 15.9 Å². The third-order valence-corrected chi connectivity index (χ3v) is 6.59. The number of anilines is 2. The minimum atomic E-state index is -3.16. The van der Waals surface area contributed by atoms with Gasteiger partial charge in [0.15, 0.2) is 0 Å². The highest BCUT2D eigenvalue weighted by Crippen LogP contribution is 2.26. The van der Waals surface area contributed by atoms with Crippen molar-refractivity contribution in [2.45, 2.75) is 0 Å². The van der Waals surface area contributed by atoms with Crippen LogP contribution in [0.3, 0.4) is 0 Å². The second-order valence-electron chi connectivity index (χ2n) is 7.34. The van der Waals surface area contributed by atoms with E-state index < -0.39 is 15.8 Å². The van der Waals surface area contributed by atoms with Gasteiger partial charge in [0.25, 0.3) is 0 Å². The lowest BCUT2D eigenvalue weighted by Crippen LogP contribution is -2.48. The van der Waals surface area contributed by atoms with Crippen LogP contribution in [0.15, 0.2) is 48.5 Å². The van der Waals surface area contributed by atoms with Crippen LogP contribution >= 0.6 is 0 Å². The first-order chi connectivity index (χ1) is 14.8. The maximum absolute atomic E-state index is 13.9. The Hall–Kier alpha value is -3.42. The molecule has 0 bridgehead atoms. The molecule has 1 saturated heterocycles. The summed E-state index contributed by atoms with van der Waals surface area (Å²) in [5, 5.41) is 13.4. The van der Waals surface area contributed by atoms with E-state index in [0.29, 0.717) is 43.3 Å². The smallest absolute Gasteiger partial charge is 0.211 e. The minimum Gasteiger partial charge on any atom is -0.384 e. The molecule has 0 saturated carbocycles. The molecule has 0 unspecified atom stereocenters. The van der Waals surface area contributed by atoms with Crippen molar-refractivity contribution in [3.05, 3.63) is 59.9 Å². The molecule has 1 aliphatic rings. The largest absolute Gasteiger partial charge is 0.384 e. The molecule has 3 aromatic rings. The first-order valence-corrected chi connectivity index (χ1v) is 11.5. The van der Waals surface area contributed by atoms with Crippen molar-refractivity contribution >= 4 is 21.5 Å². The molecule has 2 heterocycles. The zero-order valence-electron chi connectivity index (χ0n) is 16.9. The lowest BCUT2D eigenvalue weighted by molar-refractivity contribution is 0.388. The molecular weight excluding hydrogens is 419 g/mol. The van der Waals surface area contributed by atoms with E-state index in [4.69, 9.17) is 11.0 Å². The first kappa shape index (κ1) is 20.8. The Balaban J connectivity index is 1.53. The first-order valence-electron chi connectivity index (χ1n) is 9.62. The summed E-state index contributed by atoms with van der Waals surface area (Å²) in [6.07, 6.45) is 1.23. The van der Waals surface area contributed by atoms with Gasteiger partial charge in [-0.15, -0.1) is 0 Å². The average Bonchev–Trinajstić information content (AvgIpc) is 3.15. The van der Waals surface area contributed by atoms with Crippen LogP contribution < -0.4 is 10.6 Å². The lowest BCUT2D eigenvalue weighted by atomic mass is 10.1. The van der Waals surface area contributed by atoms with Gasteiger partial charge >= 0.3 is 0 Å². The van der Waals surface area contributed by atoms with Crippen LogP contribution in [0.1, 0.15) is 5.56 Å². The van der Waals surface area contributed by atoms with Crippen LogP contribution in [-0.4, -0.2) is 54.9 Å². The molecule has 8 nitrogen and oxygen atoms in total. The summed E-state index contributed by atoms with van der Waals surface area (Å²) >= 11 is 0. The molecule has 0 radical (unpaired) electrons. The van der Waals surface area contributed by atoms with E-state index in [1.54, 1.807) is 22.9 Å². The quantitative estimate of drug-likeness (QED) is 0.666. The number of nitrogens with two attached hydrogens (primary N) is 1. The third kappa shape index (κ3) is 4.23. The highest BCUT2D eigenvalue weighted by atomic mass is 32.2. The maximum atomic E-state index is 13.9. The van der Waals surface area contributed by atoms with Crippen LogP contribution in [0.5, 0.6) is 0 Å². The van der Waals surface area contributed by atoms with E-state index in [-0.39, 0.29) is 5.56 Å². The zero-order valence-corrected chi connectivity index (χ0v) is 17.7. The number of halogens is 1. The highest BCUT2D eigenvalue weighted by molar-refractivity contribution is 7.88. The Morgan fingerprint density at radius 1 is 1.03 bits per heavy atom. The van der Waals surface area contributed by atoms with Gasteiger partial charge in [-0.3, -0.25) is 0 Å². The van der Waals surface area contributed by atoms with Gasteiger partial charge in [-0.2, -0.15) is 14.7 Å². The Bertz CT molecular complexity index is 1260. The van der Waals surface area contributed by atoms with E-state index >= 15 is 0 Å². The summed E-state index contributed by atoms with van der Waals surface area (Å²) in [7, 11) is -3.16. The second kappa shape index (κ2) is 8.02. The van der Waals surface area contributed by atoms with Gasteiger partial charge in [-0.05, 0) is 36.4 Å². The fourth-order valence-electron chi connectivity index (χ4n) is 3.59. The molecule has 2 aromatic carbocycles. The predicted molar refractivity (Wildman–Crippen MR) is 117 cm³/mol. The highest BCUT2D eigenvalue weighted by Gasteiger charge is 2.23. The number of rotatable bonds is 4. The fourth-order valence-corrected chi connectivity index (χ4v) is 4.42. The zero-order chi connectivity index (χ0) is 22.2. The van der Waals surface area contributed by atoms with Gasteiger partial charge in [-0.25, -0.2) is 17.5 Å².